The number of hydrogen-bond acceptors (Lipinski definition) is 8. The van der Waals surface area contributed by atoms with Gasteiger partial charge in [0, 0.05) is 31.9 Å². The first-order chi connectivity index (χ1) is 24.0. The normalized spacial score (nSPS) is 15.2. The van der Waals surface area contributed by atoms with Crippen molar-refractivity contribution in [3.63, 3.8) is 0 Å². The van der Waals surface area contributed by atoms with Crippen LogP contribution in [0, 0.1) is 6.92 Å². The zero-order valence-electron chi connectivity index (χ0n) is 31.6. The van der Waals surface area contributed by atoms with Gasteiger partial charge in [0.1, 0.15) is 28.1 Å². The molecule has 51 heavy (non-hydrogen) atoms. The number of nitrogens with zero attached hydrogens (tertiary/aromatic N) is 5. The minimum Gasteiger partial charge on any atom is -0.494 e. The summed E-state index contributed by atoms with van der Waals surface area (Å²) in [6.07, 6.45) is 6.26. The van der Waals surface area contributed by atoms with Gasteiger partial charge in [0.25, 0.3) is 0 Å². The first-order valence-corrected chi connectivity index (χ1v) is 18.0. The van der Waals surface area contributed by atoms with Gasteiger partial charge in [-0.3, -0.25) is 9.69 Å². The topological polar surface area (TPSA) is 138 Å². The van der Waals surface area contributed by atoms with Crippen molar-refractivity contribution in [2.24, 2.45) is 7.05 Å². The number of aromatic carboxylic acids is 1. The Hall–Kier alpha value is -4.61. The van der Waals surface area contributed by atoms with Crippen molar-refractivity contribution in [3.05, 3.63) is 41.1 Å². The summed E-state index contributed by atoms with van der Waals surface area (Å²) >= 11 is 0. The lowest BCUT2D eigenvalue weighted by atomic mass is 10.1. The molecular weight excluding hydrogens is 650 g/mol. The van der Waals surface area contributed by atoms with E-state index in [1.807, 2.05) is 59.2 Å². The molecule has 1 amide bonds. The van der Waals surface area contributed by atoms with Crippen LogP contribution >= 0.6 is 0 Å². The van der Waals surface area contributed by atoms with Gasteiger partial charge in [-0.15, -0.1) is 0 Å². The zero-order valence-corrected chi connectivity index (χ0v) is 31.6. The zero-order chi connectivity index (χ0) is 37.2. The molecule has 12 nitrogen and oxygen atoms in total. The number of methoxy groups -OCH3 is 1. The molecule has 276 valence electrons. The predicted octanol–water partition coefficient (Wildman–Crippen LogP) is 8.36. The number of aromatic nitrogens is 4. The molecule has 3 aromatic heterocycles. The molecule has 1 fully saturated rings. The Kier molecular flexibility index (Phi) is 11.0. The highest BCUT2D eigenvalue weighted by Crippen LogP contribution is 2.38. The number of imidazole rings is 1. The fourth-order valence-electron chi connectivity index (χ4n) is 6.90. The molecule has 0 aliphatic carbocycles. The summed E-state index contributed by atoms with van der Waals surface area (Å²) in [6.45, 7) is 14.3. The maximum atomic E-state index is 13.2. The highest BCUT2D eigenvalue weighted by atomic mass is 16.6. The number of rotatable bonds is 12. The van der Waals surface area contributed by atoms with E-state index in [1.54, 1.807) is 17.9 Å². The maximum absolute atomic E-state index is 13.2. The lowest BCUT2D eigenvalue weighted by Gasteiger charge is -2.28. The molecule has 4 aromatic rings. The molecule has 0 saturated carbocycles. The van der Waals surface area contributed by atoms with Crippen molar-refractivity contribution in [3.8, 4) is 17.3 Å². The number of fused-ring (bicyclic) bond motifs is 2. The van der Waals surface area contributed by atoms with E-state index in [1.165, 1.54) is 7.11 Å². The fourth-order valence-corrected chi connectivity index (χ4v) is 6.90. The Morgan fingerprint density at radius 3 is 2.29 bits per heavy atom. The number of likely N-dealkylation sites (tertiary alicyclic amines) is 1. The molecule has 1 aliphatic heterocycles. The van der Waals surface area contributed by atoms with Crippen molar-refractivity contribution in [1.29, 1.82) is 0 Å². The van der Waals surface area contributed by atoms with E-state index in [-0.39, 0.29) is 23.7 Å². The molecule has 12 heteroatoms. The number of unbranched alkanes of at least 4 members (excludes halogenated alkanes) is 4. The van der Waals surface area contributed by atoms with Gasteiger partial charge in [-0.2, -0.15) is 0 Å². The summed E-state index contributed by atoms with van der Waals surface area (Å²) in [7, 11) is 3.44. The van der Waals surface area contributed by atoms with Crippen LogP contribution in [0.3, 0.4) is 0 Å². The van der Waals surface area contributed by atoms with Crippen LogP contribution in [-0.4, -0.2) is 72.0 Å². The Balaban J connectivity index is 1.48. The molecule has 0 radical (unpaired) electrons. The molecular formula is C39H53N5O7. The van der Waals surface area contributed by atoms with Crippen molar-refractivity contribution >= 4 is 40.1 Å². The number of esters is 1. The van der Waals surface area contributed by atoms with Gasteiger partial charge in [0.05, 0.1) is 35.6 Å². The monoisotopic (exact) mass is 703 g/mol. The Morgan fingerprint density at radius 2 is 1.63 bits per heavy atom. The van der Waals surface area contributed by atoms with E-state index in [4.69, 9.17) is 24.2 Å². The van der Waals surface area contributed by atoms with Gasteiger partial charge in [0.15, 0.2) is 5.82 Å². The van der Waals surface area contributed by atoms with E-state index in [9.17, 15) is 19.5 Å². The van der Waals surface area contributed by atoms with Crippen LogP contribution < -0.4 is 4.74 Å². The van der Waals surface area contributed by atoms with E-state index in [0.29, 0.717) is 47.7 Å². The summed E-state index contributed by atoms with van der Waals surface area (Å²) in [5, 5.41) is 10.8. The molecule has 1 atom stereocenters. The van der Waals surface area contributed by atoms with E-state index < -0.39 is 17.2 Å². The van der Waals surface area contributed by atoms with Crippen molar-refractivity contribution in [2.75, 3.05) is 13.7 Å². The van der Waals surface area contributed by atoms with E-state index in [2.05, 4.69) is 16.7 Å². The van der Waals surface area contributed by atoms with Crippen LogP contribution in [0.15, 0.2) is 24.3 Å². The van der Waals surface area contributed by atoms with Crippen LogP contribution in [0.25, 0.3) is 33.6 Å². The summed E-state index contributed by atoms with van der Waals surface area (Å²) < 4.78 is 21.0. The van der Waals surface area contributed by atoms with Crippen LogP contribution in [0.5, 0.6) is 5.75 Å². The molecule has 1 saturated heterocycles. The summed E-state index contributed by atoms with van der Waals surface area (Å²) in [6, 6.07) is 7.48. The number of hydrogen-bond donors (Lipinski definition) is 1. The number of carboxylic acids is 1. The smallest absolute Gasteiger partial charge is 0.410 e. The molecule has 1 aromatic carbocycles. The molecule has 1 aliphatic rings. The average Bonchev–Trinajstić information content (AvgIpc) is 3.75. The van der Waals surface area contributed by atoms with Gasteiger partial charge >= 0.3 is 18.0 Å². The summed E-state index contributed by atoms with van der Waals surface area (Å²) in [5.74, 6) is -0.0939. The highest BCUT2D eigenvalue weighted by molar-refractivity contribution is 5.99. The second-order valence-electron chi connectivity index (χ2n) is 15.5. The van der Waals surface area contributed by atoms with E-state index >= 15 is 0 Å². The van der Waals surface area contributed by atoms with Crippen LogP contribution in [-0.2, 0) is 27.9 Å². The SMILES string of the molecule is COc1cc(C(=O)O)c(C)c2nc(-c3cc4ccc(C5CCCN5C(=O)OC(C)(C)C)nc4n3CCCCCCCC(=O)OC(C)(C)C)n(C)c12. The highest BCUT2D eigenvalue weighted by Gasteiger charge is 2.34. The maximum Gasteiger partial charge on any atom is 0.410 e. The Morgan fingerprint density at radius 1 is 0.941 bits per heavy atom. The fraction of sp³-hybridized carbons (Fsp3) is 0.564. The standard InChI is InChI=1S/C39H53N5O7/c1-24-26(36(46)47)23-30(49-9)33-32(24)41-35(42(33)8)29-22-25-18-19-27(28-16-15-21-44(28)37(48)51-39(5,6)7)40-34(25)43(29)20-14-12-10-11-13-17-31(45)50-38(2,3)4/h18-19,22-23,28H,10-17,20-21H2,1-9H3,(H,46,47). The van der Waals surface area contributed by atoms with Crippen LogP contribution in [0.1, 0.15) is 121 Å². The number of aryl methyl sites for hydroxylation is 3. The van der Waals surface area contributed by atoms with Crippen LogP contribution in [0.4, 0.5) is 4.79 Å². The van der Waals surface area contributed by atoms with Crippen LogP contribution in [0.2, 0.25) is 0 Å². The number of carbonyl (C=O) groups excluding carboxylic acids is 2. The predicted molar refractivity (Wildman–Crippen MR) is 196 cm³/mol. The molecule has 4 heterocycles. The van der Waals surface area contributed by atoms with E-state index in [0.717, 1.165) is 67.4 Å². The number of amides is 1. The molecule has 5 rings (SSSR count). The van der Waals surface area contributed by atoms with Gasteiger partial charge < -0.3 is 28.5 Å². The quantitative estimate of drug-likeness (QED) is 0.114. The second kappa shape index (κ2) is 14.9. The largest absolute Gasteiger partial charge is 0.494 e. The Labute approximate surface area is 300 Å². The first kappa shape index (κ1) is 37.6. The number of benzene rings is 1. The van der Waals surface area contributed by atoms with Gasteiger partial charge in [-0.05, 0) is 104 Å². The third-order valence-electron chi connectivity index (χ3n) is 9.21. The lowest BCUT2D eigenvalue weighted by Crippen LogP contribution is -2.36. The summed E-state index contributed by atoms with van der Waals surface area (Å²) in [5.41, 5.74) is 3.38. The third-order valence-corrected chi connectivity index (χ3v) is 9.21. The number of ether oxygens (including phenoxy) is 3. The third kappa shape index (κ3) is 8.48. The lowest BCUT2D eigenvalue weighted by molar-refractivity contribution is -0.154. The average molecular weight is 704 g/mol. The van der Waals surface area contributed by atoms with Gasteiger partial charge in [0.2, 0.25) is 0 Å². The first-order valence-electron chi connectivity index (χ1n) is 18.0. The molecule has 0 spiro atoms. The number of pyridine rings is 1. The second-order valence-corrected chi connectivity index (χ2v) is 15.5. The molecule has 1 N–H and O–H groups in total. The van der Waals surface area contributed by atoms with Crippen molar-refractivity contribution in [2.45, 2.75) is 124 Å². The Bertz CT molecular complexity index is 1930. The number of carboxylic acid groups (broad SMARTS) is 1. The number of carbonyl (C=O) groups is 3. The summed E-state index contributed by atoms with van der Waals surface area (Å²) in [4.78, 5) is 49.4. The van der Waals surface area contributed by atoms with Crippen molar-refractivity contribution < 1.29 is 33.7 Å². The minimum absolute atomic E-state index is 0.147. The molecule has 1 unspecified atom stereocenters. The molecule has 0 bridgehead atoms. The van der Waals surface area contributed by atoms with Crippen molar-refractivity contribution in [1.82, 2.24) is 24.0 Å². The van der Waals surface area contributed by atoms with Gasteiger partial charge in [-0.25, -0.2) is 19.6 Å². The minimum atomic E-state index is -1.04. The van der Waals surface area contributed by atoms with Gasteiger partial charge in [-0.1, -0.05) is 19.3 Å².